The molecule has 4 rings (SSSR count). The summed E-state index contributed by atoms with van der Waals surface area (Å²) in [5, 5.41) is 8.61. The molecular formula is C23H24N4O6S. The Morgan fingerprint density at radius 2 is 1.68 bits per heavy atom. The largest absolute Gasteiger partial charge is 0.465 e. The van der Waals surface area contributed by atoms with Gasteiger partial charge in [-0.25, -0.2) is 18.0 Å². The minimum Gasteiger partial charge on any atom is -0.465 e. The van der Waals surface area contributed by atoms with E-state index in [9.17, 15) is 18.0 Å². The van der Waals surface area contributed by atoms with E-state index in [1.807, 2.05) is 0 Å². The number of rotatable bonds is 6. The van der Waals surface area contributed by atoms with Crippen LogP contribution in [0.1, 0.15) is 45.8 Å². The number of ether oxygens (including phenoxy) is 2. The van der Waals surface area contributed by atoms with Crippen LogP contribution in [-0.4, -0.2) is 49.3 Å². The minimum atomic E-state index is -4.24. The third-order valence-electron chi connectivity index (χ3n) is 5.60. The number of methoxy groups -OCH3 is 2. The summed E-state index contributed by atoms with van der Waals surface area (Å²) in [6, 6.07) is 10.3. The molecule has 10 nitrogen and oxygen atoms in total. The Hall–Kier alpha value is -3.73. The second-order valence-corrected chi connectivity index (χ2v) is 9.43. The van der Waals surface area contributed by atoms with Gasteiger partial charge in [0.2, 0.25) is 0 Å². The van der Waals surface area contributed by atoms with Crippen LogP contribution in [0.4, 0.5) is 5.69 Å². The van der Waals surface area contributed by atoms with Crippen molar-refractivity contribution in [3.05, 3.63) is 59.4 Å². The van der Waals surface area contributed by atoms with Crippen LogP contribution in [0, 0.1) is 0 Å². The molecule has 34 heavy (non-hydrogen) atoms. The van der Waals surface area contributed by atoms with Gasteiger partial charge in [0.1, 0.15) is 10.7 Å². The number of anilines is 1. The molecular weight excluding hydrogens is 460 g/mol. The van der Waals surface area contributed by atoms with E-state index in [-0.39, 0.29) is 16.8 Å². The summed E-state index contributed by atoms with van der Waals surface area (Å²) in [5.74, 6) is 0.118. The van der Waals surface area contributed by atoms with E-state index in [1.165, 1.54) is 19.2 Å². The van der Waals surface area contributed by atoms with Crippen molar-refractivity contribution in [2.24, 2.45) is 0 Å². The van der Waals surface area contributed by atoms with Gasteiger partial charge in [0.15, 0.2) is 5.82 Å². The molecule has 1 aliphatic heterocycles. The first-order valence-electron chi connectivity index (χ1n) is 10.7. The fourth-order valence-corrected chi connectivity index (χ4v) is 5.14. The number of sulfonamides is 1. The second kappa shape index (κ2) is 9.64. The Kier molecular flexibility index (Phi) is 6.64. The smallest absolute Gasteiger partial charge is 0.339 e. The number of hydrogen-bond acceptors (Lipinski definition) is 8. The van der Waals surface area contributed by atoms with E-state index >= 15 is 0 Å². The molecule has 0 atom stereocenters. The van der Waals surface area contributed by atoms with Crippen molar-refractivity contribution in [1.29, 1.82) is 0 Å². The highest BCUT2D eigenvalue weighted by Crippen LogP contribution is 2.26. The molecule has 11 heteroatoms. The lowest BCUT2D eigenvalue weighted by molar-refractivity contribution is 0.0583. The topological polar surface area (TPSA) is 129 Å². The number of hydrogen-bond donors (Lipinski definition) is 1. The summed E-state index contributed by atoms with van der Waals surface area (Å²) in [7, 11) is -1.92. The highest BCUT2D eigenvalue weighted by molar-refractivity contribution is 7.92. The third kappa shape index (κ3) is 4.65. The number of carbonyl (C=O) groups excluding carboxylic acids is 2. The van der Waals surface area contributed by atoms with Crippen LogP contribution in [0.25, 0.3) is 11.4 Å². The number of aryl methyl sites for hydroxylation is 1. The maximum atomic E-state index is 13.2. The molecule has 0 fully saturated rings. The first kappa shape index (κ1) is 23.4. The first-order chi connectivity index (χ1) is 16.3. The predicted molar refractivity (Wildman–Crippen MR) is 123 cm³/mol. The van der Waals surface area contributed by atoms with Crippen molar-refractivity contribution in [3.8, 4) is 11.4 Å². The summed E-state index contributed by atoms with van der Waals surface area (Å²) < 4.78 is 40.2. The number of esters is 2. The van der Waals surface area contributed by atoms with Crippen LogP contribution in [0.5, 0.6) is 0 Å². The molecule has 0 aliphatic carbocycles. The molecule has 0 amide bonds. The van der Waals surface area contributed by atoms with E-state index in [0.29, 0.717) is 0 Å². The van der Waals surface area contributed by atoms with Crippen molar-refractivity contribution in [2.75, 3.05) is 18.9 Å². The standard InChI is InChI=1S/C23H24N4O6S/c1-32-22(28)16-9-12-18(23(29)33-2)19(14-16)34(30,31)26-17-10-7-15(8-11-17)21-25-24-20-6-4-3-5-13-27(20)21/h7-12,14,26H,3-6,13H2,1-2H3. The summed E-state index contributed by atoms with van der Waals surface area (Å²) in [5.41, 5.74) is 0.869. The average molecular weight is 485 g/mol. The normalized spacial score (nSPS) is 13.5. The van der Waals surface area contributed by atoms with E-state index in [0.717, 1.165) is 62.6 Å². The van der Waals surface area contributed by atoms with Crippen molar-refractivity contribution >= 4 is 27.6 Å². The van der Waals surface area contributed by atoms with Gasteiger partial charge in [0, 0.05) is 24.2 Å². The lowest BCUT2D eigenvalue weighted by Crippen LogP contribution is -2.18. The lowest BCUT2D eigenvalue weighted by atomic mass is 10.1. The SMILES string of the molecule is COC(=O)c1ccc(C(=O)OC)c(S(=O)(=O)Nc2ccc(-c3nnc4n3CCCCC4)cc2)c1. The van der Waals surface area contributed by atoms with Gasteiger partial charge in [-0.2, -0.15) is 0 Å². The quantitative estimate of drug-likeness (QED) is 0.529. The van der Waals surface area contributed by atoms with Gasteiger partial charge in [-0.15, -0.1) is 10.2 Å². The first-order valence-corrected chi connectivity index (χ1v) is 12.2. The van der Waals surface area contributed by atoms with Gasteiger partial charge >= 0.3 is 11.9 Å². The third-order valence-corrected chi connectivity index (χ3v) is 7.02. The number of carbonyl (C=O) groups is 2. The van der Waals surface area contributed by atoms with Gasteiger partial charge in [-0.1, -0.05) is 6.42 Å². The van der Waals surface area contributed by atoms with Crippen molar-refractivity contribution in [3.63, 3.8) is 0 Å². The lowest BCUT2D eigenvalue weighted by Gasteiger charge is -2.13. The highest BCUT2D eigenvalue weighted by Gasteiger charge is 2.25. The monoisotopic (exact) mass is 484 g/mol. The van der Waals surface area contributed by atoms with E-state index in [2.05, 4.69) is 24.2 Å². The Morgan fingerprint density at radius 3 is 2.38 bits per heavy atom. The molecule has 1 aromatic heterocycles. The molecule has 0 saturated heterocycles. The zero-order valence-corrected chi connectivity index (χ0v) is 19.6. The van der Waals surface area contributed by atoms with Crippen molar-refractivity contribution < 1.29 is 27.5 Å². The number of aromatic nitrogens is 3. The second-order valence-electron chi connectivity index (χ2n) is 7.78. The van der Waals surface area contributed by atoms with E-state index in [4.69, 9.17) is 4.74 Å². The number of benzene rings is 2. The fraction of sp³-hybridized carbons (Fsp3) is 0.304. The zero-order valence-electron chi connectivity index (χ0n) is 18.8. The van der Waals surface area contributed by atoms with Crippen LogP contribution in [-0.2, 0) is 32.5 Å². The Bertz CT molecular complexity index is 1330. The average Bonchev–Trinajstić information content (AvgIpc) is 3.10. The molecule has 0 spiro atoms. The number of nitrogens with one attached hydrogen (secondary N) is 1. The maximum absolute atomic E-state index is 13.2. The molecule has 0 saturated carbocycles. The van der Waals surface area contributed by atoms with Crippen molar-refractivity contribution in [2.45, 2.75) is 37.1 Å². The molecule has 178 valence electrons. The van der Waals surface area contributed by atoms with Crippen molar-refractivity contribution in [1.82, 2.24) is 14.8 Å². The van der Waals surface area contributed by atoms with E-state index in [1.54, 1.807) is 24.3 Å². The van der Waals surface area contributed by atoms with Gasteiger partial charge < -0.3 is 14.0 Å². The summed E-state index contributed by atoms with van der Waals surface area (Å²) in [6.45, 7) is 0.846. The van der Waals surface area contributed by atoms with Crippen LogP contribution in [0.2, 0.25) is 0 Å². The maximum Gasteiger partial charge on any atom is 0.339 e. The van der Waals surface area contributed by atoms with Crippen LogP contribution in [0.15, 0.2) is 47.4 Å². The summed E-state index contributed by atoms with van der Waals surface area (Å²) in [6.07, 6.45) is 4.18. The summed E-state index contributed by atoms with van der Waals surface area (Å²) in [4.78, 5) is 23.7. The van der Waals surface area contributed by atoms with Crippen LogP contribution < -0.4 is 4.72 Å². The molecule has 2 heterocycles. The Morgan fingerprint density at radius 1 is 0.941 bits per heavy atom. The van der Waals surface area contributed by atoms with E-state index < -0.39 is 26.9 Å². The minimum absolute atomic E-state index is 0.0154. The molecule has 1 N–H and O–H groups in total. The molecule has 1 aliphatic rings. The zero-order chi connectivity index (χ0) is 24.3. The molecule has 0 bridgehead atoms. The highest BCUT2D eigenvalue weighted by atomic mass is 32.2. The van der Waals surface area contributed by atoms with Gasteiger partial charge in [-0.05, 0) is 55.3 Å². The van der Waals surface area contributed by atoms with Gasteiger partial charge in [-0.3, -0.25) is 4.72 Å². The van der Waals surface area contributed by atoms with Crippen LogP contribution in [0.3, 0.4) is 0 Å². The summed E-state index contributed by atoms with van der Waals surface area (Å²) >= 11 is 0. The fourth-order valence-electron chi connectivity index (χ4n) is 3.86. The Balaban J connectivity index is 1.64. The molecule has 2 aromatic carbocycles. The van der Waals surface area contributed by atoms with Gasteiger partial charge in [0.05, 0.1) is 25.3 Å². The number of nitrogens with zero attached hydrogens (tertiary/aromatic N) is 3. The predicted octanol–water partition coefficient (Wildman–Crippen LogP) is 3.05. The van der Waals surface area contributed by atoms with Gasteiger partial charge in [0.25, 0.3) is 10.0 Å². The number of fused-ring (bicyclic) bond motifs is 1. The molecule has 0 unspecified atom stereocenters. The van der Waals surface area contributed by atoms with Crippen LogP contribution >= 0.6 is 0 Å². The molecule has 3 aromatic rings. The molecule has 0 radical (unpaired) electrons. The Labute approximate surface area is 197 Å².